The Kier molecular flexibility index (Phi) is 32.7. The number of esters is 1. The fourth-order valence-corrected chi connectivity index (χ4v) is 10.9. The monoisotopic (exact) mass is 1240 g/mol. The number of carbonyl (C=O) groups excluding carboxylic acids is 1. The Bertz CT molecular complexity index is 2580. The van der Waals surface area contributed by atoms with Crippen LogP contribution in [0.1, 0.15) is 113 Å². The van der Waals surface area contributed by atoms with Crippen LogP contribution in [-0.4, -0.2) is 201 Å². The number of fused-ring (bicyclic) bond motifs is 3. The molecule has 0 spiro atoms. The van der Waals surface area contributed by atoms with E-state index in [4.69, 9.17) is 36.3 Å². The molecule has 1 unspecified atom stereocenters. The highest BCUT2D eigenvalue weighted by molar-refractivity contribution is 6.31. The van der Waals surface area contributed by atoms with Gasteiger partial charge in [0, 0.05) is 65.9 Å². The number of aliphatic hydroxyl groups is 10. The number of allylic oxidation sites excluding steroid dienone is 12. The van der Waals surface area contributed by atoms with Crippen LogP contribution in [0, 0.1) is 17.8 Å². The summed E-state index contributed by atoms with van der Waals surface area (Å²) in [7, 11) is 0. The van der Waals surface area contributed by atoms with Gasteiger partial charge in [-0.15, -0.1) is 0 Å². The van der Waals surface area contributed by atoms with E-state index in [0.29, 0.717) is 6.04 Å². The summed E-state index contributed by atoms with van der Waals surface area (Å²) in [6.45, 7) is 16.8. The number of carbonyl (C=O) groups is 2. The van der Waals surface area contributed by atoms with Gasteiger partial charge in [-0.05, 0) is 96.8 Å². The minimum absolute atomic E-state index is 0.140. The quantitative estimate of drug-likeness (QED) is 0.123. The molecule has 488 valence electrons. The predicted octanol–water partition coefficient (Wildman–Crippen LogP) is 5.52. The standard InChI is InChI=1S/C47H73NO17.C18H26ClN3/c1-27-17-15-13-11-9-7-5-6-8-10-12-14-16-18-34(64-46-44(58)41(48)43(57)30(4)63-46)24-38-40(45(59)60)37(54)26-47(61,65-38)25-33(51)21-31(49)19-20-35(52)36(53)22-32(50)23-39(55)62-29(3)28(2)42(27)56;1-4-22(5-2)12-6-7-14(3)21-17-10-11-20-18-13-15(19)8-9-16(17)18/h5-18,27-38,40-44,46,49-54,56-58,61H,19-26,48H2,1-4H3,(H,59,60);8-11,13-14H,4-7,12H2,1-3H3,(H,20,21)/b6-5+,9-7+,10-8+,13-11+,14-12+,17-15+,18-16+;/t27-,28+,29-,30+,31-,32+,33-,34-,35-,36-,37-,38-,40+,41-,42+,43+,44-,46-,47+;/m0./s1. The number of nitrogens with two attached hydrogens (primary N) is 1. The Hall–Kier alpha value is -4.76. The third kappa shape index (κ3) is 25.6. The van der Waals surface area contributed by atoms with E-state index in [1.807, 2.05) is 43.5 Å². The molecule has 0 amide bonds. The zero-order valence-corrected chi connectivity index (χ0v) is 52.1. The number of cyclic esters (lactones) is 1. The SMILES string of the molecule is CCN(CC)CCCC(C)Nc1ccnc2cc(Cl)ccc12.C[C@H]1[C@H](O)[C@@H](C)/C=C/C=C/C=C/C=C/C=C/C=C/C=C/[C@H](O[C@@H]2O[C@H](C)[C@@H](O)[C@H](N)[C@@H]2O)C[C@@H]2O[C@](O)(C[C@@H](O)C[C@@H](O)CC[C@H](O)[C@@H](O)C[C@@H](O)CC(=O)O[C@H]1C)C[C@H](O)[C@H]2C(=O)O. The number of carboxylic acids is 1. The van der Waals surface area contributed by atoms with Crippen molar-refractivity contribution in [3.8, 4) is 0 Å². The molecular weight excluding hydrogens is 1140 g/mol. The Morgan fingerprint density at radius 2 is 1.39 bits per heavy atom. The third-order valence-corrected chi connectivity index (χ3v) is 16.4. The number of nitrogens with zero attached hydrogens (tertiary/aromatic N) is 2. The van der Waals surface area contributed by atoms with E-state index >= 15 is 0 Å². The highest BCUT2D eigenvalue weighted by Gasteiger charge is 2.51. The van der Waals surface area contributed by atoms with Crippen molar-refractivity contribution in [1.82, 2.24) is 9.88 Å². The second-order valence-corrected chi connectivity index (χ2v) is 23.7. The van der Waals surface area contributed by atoms with Gasteiger partial charge in [0.2, 0.25) is 0 Å². The molecule has 1 aromatic carbocycles. The Morgan fingerprint density at radius 1 is 0.770 bits per heavy atom. The highest BCUT2D eigenvalue weighted by Crippen LogP contribution is 2.38. The number of aliphatic carboxylic acids is 1. The third-order valence-electron chi connectivity index (χ3n) is 16.1. The van der Waals surface area contributed by atoms with Gasteiger partial charge in [0.15, 0.2) is 12.1 Å². The van der Waals surface area contributed by atoms with Crippen molar-refractivity contribution in [2.24, 2.45) is 23.5 Å². The highest BCUT2D eigenvalue weighted by atomic mass is 35.5. The van der Waals surface area contributed by atoms with Crippen LogP contribution >= 0.6 is 11.6 Å². The largest absolute Gasteiger partial charge is 0.481 e. The maximum atomic E-state index is 12.6. The number of hydrogen-bond acceptors (Lipinski definition) is 20. The Balaban J connectivity index is 0.000000612. The van der Waals surface area contributed by atoms with Crippen LogP contribution in [0.5, 0.6) is 0 Å². The second-order valence-electron chi connectivity index (χ2n) is 23.3. The summed E-state index contributed by atoms with van der Waals surface area (Å²) in [5.41, 5.74) is 8.09. The number of pyridine rings is 1. The Morgan fingerprint density at radius 3 is 2.01 bits per heavy atom. The number of benzene rings is 1. The summed E-state index contributed by atoms with van der Waals surface area (Å²) < 4.78 is 23.1. The molecule has 22 heteroatoms. The molecule has 3 aliphatic heterocycles. The molecular formula is C65H99ClN4O17. The van der Waals surface area contributed by atoms with Crippen molar-refractivity contribution >= 4 is 40.1 Å². The number of halogens is 1. The molecule has 3 aliphatic rings. The van der Waals surface area contributed by atoms with Crippen molar-refractivity contribution < 1.29 is 84.7 Å². The zero-order valence-electron chi connectivity index (χ0n) is 51.4. The Labute approximate surface area is 517 Å². The summed E-state index contributed by atoms with van der Waals surface area (Å²) in [5.74, 6) is -6.82. The molecule has 0 aliphatic carbocycles. The number of anilines is 1. The van der Waals surface area contributed by atoms with Crippen LogP contribution in [-0.2, 0) is 28.5 Å². The minimum atomic E-state index is -2.29. The van der Waals surface area contributed by atoms with Gasteiger partial charge < -0.3 is 91.1 Å². The van der Waals surface area contributed by atoms with E-state index in [9.17, 15) is 65.8 Å². The van der Waals surface area contributed by atoms with Gasteiger partial charge in [-0.25, -0.2) is 0 Å². The summed E-state index contributed by atoms with van der Waals surface area (Å²) in [6.07, 6.45) is 7.76. The number of rotatable bonds is 11. The van der Waals surface area contributed by atoms with Crippen molar-refractivity contribution in [3.05, 3.63) is 121 Å². The fourth-order valence-electron chi connectivity index (χ4n) is 10.7. The zero-order chi connectivity index (χ0) is 64.4. The fraction of sp³-hybridized carbons (Fsp3) is 0.615. The van der Waals surface area contributed by atoms with Crippen LogP contribution in [0.4, 0.5) is 5.69 Å². The van der Waals surface area contributed by atoms with Gasteiger partial charge in [0.05, 0.1) is 85.1 Å². The lowest BCUT2D eigenvalue weighted by Crippen LogP contribution is -2.61. The van der Waals surface area contributed by atoms with Gasteiger partial charge in [-0.2, -0.15) is 0 Å². The molecule has 2 bridgehead atoms. The van der Waals surface area contributed by atoms with Crippen LogP contribution in [0.2, 0.25) is 5.02 Å². The second kappa shape index (κ2) is 38.1. The predicted molar refractivity (Wildman–Crippen MR) is 334 cm³/mol. The molecule has 0 radical (unpaired) electrons. The molecule has 20 atom stereocenters. The number of aromatic nitrogens is 1. The van der Waals surface area contributed by atoms with E-state index in [-0.39, 0.29) is 31.6 Å². The average Bonchev–Trinajstić information content (AvgIpc) is 2.44. The summed E-state index contributed by atoms with van der Waals surface area (Å²) in [5, 5.41) is 124. The van der Waals surface area contributed by atoms with E-state index < -0.39 is 147 Å². The van der Waals surface area contributed by atoms with Crippen molar-refractivity contribution in [1.29, 1.82) is 0 Å². The lowest BCUT2D eigenvalue weighted by atomic mass is 9.82. The molecule has 21 nitrogen and oxygen atoms in total. The van der Waals surface area contributed by atoms with Gasteiger partial charge in [-0.3, -0.25) is 14.6 Å². The minimum Gasteiger partial charge on any atom is -0.481 e. The summed E-state index contributed by atoms with van der Waals surface area (Å²) in [6, 6.07) is 7.20. The number of hydrogen-bond donors (Lipinski definition) is 13. The van der Waals surface area contributed by atoms with Gasteiger partial charge >= 0.3 is 11.9 Å². The molecule has 4 heterocycles. The van der Waals surface area contributed by atoms with Crippen molar-refractivity contribution in [3.63, 3.8) is 0 Å². The number of nitrogens with one attached hydrogen (secondary N) is 1. The summed E-state index contributed by atoms with van der Waals surface area (Å²) >= 11 is 6.04. The van der Waals surface area contributed by atoms with Crippen molar-refractivity contribution in [2.45, 2.75) is 216 Å². The molecule has 2 aromatic rings. The molecule has 2 fully saturated rings. The maximum absolute atomic E-state index is 12.6. The van der Waals surface area contributed by atoms with E-state index in [1.165, 1.54) is 26.0 Å². The van der Waals surface area contributed by atoms with Crippen LogP contribution < -0.4 is 11.1 Å². The van der Waals surface area contributed by atoms with Crippen LogP contribution in [0.25, 0.3) is 10.9 Å². The number of carboxylic acid groups (broad SMARTS) is 1. The maximum Gasteiger partial charge on any atom is 0.311 e. The van der Waals surface area contributed by atoms with E-state index in [2.05, 4.69) is 36.0 Å². The lowest BCUT2D eigenvalue weighted by Gasteiger charge is -2.45. The summed E-state index contributed by atoms with van der Waals surface area (Å²) in [4.78, 5) is 31.9. The molecule has 2 saturated heterocycles. The van der Waals surface area contributed by atoms with Gasteiger partial charge in [-0.1, -0.05) is 124 Å². The normalized spacial score (nSPS) is 37.2. The number of ether oxygens (including phenoxy) is 4. The first kappa shape index (κ1) is 74.7. The first-order valence-electron chi connectivity index (χ1n) is 30.5. The molecule has 0 saturated carbocycles. The molecule has 87 heavy (non-hydrogen) atoms. The number of aliphatic hydroxyl groups excluding tert-OH is 9. The van der Waals surface area contributed by atoms with E-state index in [0.717, 1.165) is 41.1 Å². The lowest BCUT2D eigenvalue weighted by molar-refractivity contribution is -0.308. The first-order chi connectivity index (χ1) is 41.3. The average molecular weight is 1240 g/mol. The molecule has 14 N–H and O–H groups in total. The molecule has 1 aromatic heterocycles. The smallest absolute Gasteiger partial charge is 0.311 e. The van der Waals surface area contributed by atoms with Crippen LogP contribution in [0.15, 0.2) is 116 Å². The van der Waals surface area contributed by atoms with E-state index in [1.54, 1.807) is 86.8 Å². The first-order valence-corrected chi connectivity index (χ1v) is 30.9. The molecule has 5 rings (SSSR count). The van der Waals surface area contributed by atoms with Gasteiger partial charge in [0.1, 0.15) is 18.1 Å². The van der Waals surface area contributed by atoms with Crippen molar-refractivity contribution in [2.75, 3.05) is 25.0 Å². The van der Waals surface area contributed by atoms with Gasteiger partial charge in [0.25, 0.3) is 0 Å². The van der Waals surface area contributed by atoms with Crippen LogP contribution in [0.3, 0.4) is 0 Å². The topological polar surface area (TPSA) is 348 Å².